The summed E-state index contributed by atoms with van der Waals surface area (Å²) in [5.74, 6) is 0. The van der Waals surface area contributed by atoms with Crippen molar-refractivity contribution in [3.05, 3.63) is 51.8 Å². The summed E-state index contributed by atoms with van der Waals surface area (Å²) in [4.78, 5) is 0. The van der Waals surface area contributed by atoms with E-state index in [1.54, 1.807) is 0 Å². The van der Waals surface area contributed by atoms with Gasteiger partial charge in [0.2, 0.25) is 0 Å². The molecular weight excluding hydrogens is 302 g/mol. The van der Waals surface area contributed by atoms with Gasteiger partial charge in [-0.05, 0) is 42.8 Å². The van der Waals surface area contributed by atoms with E-state index in [4.69, 9.17) is 0 Å². The molecule has 1 heterocycles. The van der Waals surface area contributed by atoms with Gasteiger partial charge >= 0.3 is 0 Å². The number of benzene rings is 1. The maximum atomic E-state index is 4.47. The standard InChI is InChI=1S/C15H20BrN3/c1-4-17-15(10-13-7-8-19(3)18-13)14-6-5-12(16)9-11(14)2/h5-9,15,17H,4,10H2,1-3H3. The van der Waals surface area contributed by atoms with Crippen molar-refractivity contribution in [2.24, 2.45) is 7.05 Å². The van der Waals surface area contributed by atoms with E-state index in [0.29, 0.717) is 6.04 Å². The van der Waals surface area contributed by atoms with Crippen molar-refractivity contribution in [3.8, 4) is 0 Å². The molecule has 0 aliphatic heterocycles. The number of hydrogen-bond donors (Lipinski definition) is 1. The zero-order valence-corrected chi connectivity index (χ0v) is 13.2. The maximum Gasteiger partial charge on any atom is 0.0643 e. The molecule has 2 rings (SSSR count). The molecule has 0 fully saturated rings. The van der Waals surface area contributed by atoms with Crippen LogP contribution in [0.4, 0.5) is 0 Å². The fourth-order valence-electron chi connectivity index (χ4n) is 2.35. The zero-order chi connectivity index (χ0) is 13.8. The van der Waals surface area contributed by atoms with E-state index in [9.17, 15) is 0 Å². The van der Waals surface area contributed by atoms with Crippen LogP contribution in [0.1, 0.15) is 29.8 Å². The van der Waals surface area contributed by atoms with Crippen LogP contribution in [0.3, 0.4) is 0 Å². The number of aromatic nitrogens is 2. The molecule has 0 radical (unpaired) electrons. The number of nitrogens with zero attached hydrogens (tertiary/aromatic N) is 2. The molecule has 1 N–H and O–H groups in total. The van der Waals surface area contributed by atoms with Crippen LogP contribution in [-0.2, 0) is 13.5 Å². The number of nitrogens with one attached hydrogen (secondary N) is 1. The third-order valence-corrected chi connectivity index (χ3v) is 3.73. The third-order valence-electron chi connectivity index (χ3n) is 3.24. The minimum absolute atomic E-state index is 0.313. The normalized spacial score (nSPS) is 12.6. The van der Waals surface area contributed by atoms with Crippen LogP contribution < -0.4 is 5.32 Å². The molecule has 1 aromatic heterocycles. The van der Waals surface area contributed by atoms with Gasteiger partial charge in [-0.15, -0.1) is 0 Å². The molecular formula is C15H20BrN3. The van der Waals surface area contributed by atoms with Crippen LogP contribution in [0.15, 0.2) is 34.9 Å². The van der Waals surface area contributed by atoms with Gasteiger partial charge in [0.1, 0.15) is 0 Å². The lowest BCUT2D eigenvalue weighted by Gasteiger charge is -2.19. The fourth-order valence-corrected chi connectivity index (χ4v) is 2.83. The molecule has 0 spiro atoms. The first-order valence-corrected chi connectivity index (χ1v) is 7.37. The van der Waals surface area contributed by atoms with Crippen LogP contribution in [-0.4, -0.2) is 16.3 Å². The molecule has 1 aromatic carbocycles. The molecule has 0 amide bonds. The van der Waals surface area contributed by atoms with Crippen molar-refractivity contribution < 1.29 is 0 Å². The second kappa shape index (κ2) is 6.35. The predicted octanol–water partition coefficient (Wildman–Crippen LogP) is 3.38. The number of hydrogen-bond acceptors (Lipinski definition) is 2. The van der Waals surface area contributed by atoms with E-state index < -0.39 is 0 Å². The lowest BCUT2D eigenvalue weighted by molar-refractivity contribution is 0.537. The molecule has 0 saturated heterocycles. The lowest BCUT2D eigenvalue weighted by atomic mass is 9.97. The molecule has 102 valence electrons. The Labute approximate surface area is 123 Å². The van der Waals surface area contributed by atoms with Crippen LogP contribution in [0.25, 0.3) is 0 Å². The Kier molecular flexibility index (Phi) is 4.77. The van der Waals surface area contributed by atoms with Gasteiger partial charge in [-0.25, -0.2) is 0 Å². The van der Waals surface area contributed by atoms with E-state index in [-0.39, 0.29) is 0 Å². The van der Waals surface area contributed by atoms with Crippen molar-refractivity contribution in [2.45, 2.75) is 26.3 Å². The quantitative estimate of drug-likeness (QED) is 0.914. The highest BCUT2D eigenvalue weighted by Gasteiger charge is 2.14. The summed E-state index contributed by atoms with van der Waals surface area (Å²) in [5, 5.41) is 8.03. The Bertz CT molecular complexity index is 548. The molecule has 1 atom stereocenters. The molecule has 19 heavy (non-hydrogen) atoms. The smallest absolute Gasteiger partial charge is 0.0643 e. The second-order valence-electron chi connectivity index (χ2n) is 4.80. The van der Waals surface area contributed by atoms with Gasteiger partial charge in [-0.2, -0.15) is 5.10 Å². The van der Waals surface area contributed by atoms with Gasteiger partial charge < -0.3 is 5.32 Å². The van der Waals surface area contributed by atoms with Gasteiger partial charge in [-0.3, -0.25) is 4.68 Å². The Morgan fingerprint density at radius 3 is 2.74 bits per heavy atom. The molecule has 2 aromatic rings. The number of rotatable bonds is 5. The highest BCUT2D eigenvalue weighted by Crippen LogP contribution is 2.24. The Morgan fingerprint density at radius 1 is 1.37 bits per heavy atom. The first-order valence-electron chi connectivity index (χ1n) is 6.58. The van der Waals surface area contributed by atoms with Crippen LogP contribution in [0.2, 0.25) is 0 Å². The summed E-state index contributed by atoms with van der Waals surface area (Å²) >= 11 is 3.52. The van der Waals surface area contributed by atoms with Gasteiger partial charge in [0.05, 0.1) is 5.69 Å². The number of halogens is 1. The highest BCUT2D eigenvalue weighted by molar-refractivity contribution is 9.10. The molecule has 4 heteroatoms. The number of aryl methyl sites for hydroxylation is 2. The molecule has 0 aliphatic carbocycles. The zero-order valence-electron chi connectivity index (χ0n) is 11.7. The van der Waals surface area contributed by atoms with Crippen LogP contribution >= 0.6 is 15.9 Å². The average Bonchev–Trinajstić information content (AvgIpc) is 2.74. The summed E-state index contributed by atoms with van der Waals surface area (Å²) in [7, 11) is 1.95. The van der Waals surface area contributed by atoms with Crippen molar-refractivity contribution in [3.63, 3.8) is 0 Å². The summed E-state index contributed by atoms with van der Waals surface area (Å²) in [6.07, 6.45) is 2.91. The van der Waals surface area contributed by atoms with Crippen molar-refractivity contribution in [2.75, 3.05) is 6.54 Å². The predicted molar refractivity (Wildman–Crippen MR) is 82.2 cm³/mol. The average molecular weight is 322 g/mol. The lowest BCUT2D eigenvalue weighted by Crippen LogP contribution is -2.24. The van der Waals surface area contributed by atoms with Crippen LogP contribution in [0, 0.1) is 6.92 Å². The Hall–Kier alpha value is -1.13. The van der Waals surface area contributed by atoms with Gasteiger partial charge in [0.25, 0.3) is 0 Å². The van der Waals surface area contributed by atoms with Crippen molar-refractivity contribution in [1.82, 2.24) is 15.1 Å². The van der Waals surface area contributed by atoms with E-state index in [1.807, 2.05) is 17.9 Å². The van der Waals surface area contributed by atoms with Gasteiger partial charge in [-0.1, -0.05) is 28.9 Å². The maximum absolute atomic E-state index is 4.47. The van der Waals surface area contributed by atoms with Crippen molar-refractivity contribution >= 4 is 15.9 Å². The number of likely N-dealkylation sites (N-methyl/N-ethyl adjacent to an activating group) is 1. The minimum atomic E-state index is 0.313. The molecule has 0 aliphatic rings. The topological polar surface area (TPSA) is 29.9 Å². The second-order valence-corrected chi connectivity index (χ2v) is 5.71. The van der Waals surface area contributed by atoms with E-state index in [1.165, 1.54) is 11.1 Å². The van der Waals surface area contributed by atoms with E-state index >= 15 is 0 Å². The summed E-state index contributed by atoms with van der Waals surface area (Å²) in [6, 6.07) is 8.85. The first kappa shape index (κ1) is 14.3. The van der Waals surface area contributed by atoms with Gasteiger partial charge in [0.15, 0.2) is 0 Å². The largest absolute Gasteiger partial charge is 0.310 e. The Morgan fingerprint density at radius 2 is 2.16 bits per heavy atom. The fraction of sp³-hybridized carbons (Fsp3) is 0.400. The summed E-state index contributed by atoms with van der Waals surface area (Å²) in [6.45, 7) is 5.25. The third kappa shape index (κ3) is 3.67. The molecule has 1 unspecified atom stereocenters. The van der Waals surface area contributed by atoms with Crippen molar-refractivity contribution in [1.29, 1.82) is 0 Å². The van der Waals surface area contributed by atoms with Gasteiger partial charge in [0, 0.05) is 30.2 Å². The monoisotopic (exact) mass is 321 g/mol. The minimum Gasteiger partial charge on any atom is -0.310 e. The highest BCUT2D eigenvalue weighted by atomic mass is 79.9. The SMILES string of the molecule is CCNC(Cc1ccn(C)n1)c1ccc(Br)cc1C. The van der Waals surface area contributed by atoms with Crippen LogP contribution in [0.5, 0.6) is 0 Å². The first-order chi connectivity index (χ1) is 9.10. The Balaban J connectivity index is 2.23. The molecule has 0 saturated carbocycles. The van der Waals surface area contributed by atoms with E-state index in [2.05, 4.69) is 64.5 Å². The summed E-state index contributed by atoms with van der Waals surface area (Å²) < 4.78 is 2.98. The summed E-state index contributed by atoms with van der Waals surface area (Å²) in [5.41, 5.74) is 3.77. The molecule has 3 nitrogen and oxygen atoms in total. The van der Waals surface area contributed by atoms with E-state index in [0.717, 1.165) is 23.1 Å². The molecule has 0 bridgehead atoms.